The van der Waals surface area contributed by atoms with Crippen molar-refractivity contribution in [2.75, 3.05) is 12.8 Å². The van der Waals surface area contributed by atoms with Gasteiger partial charge in [0.05, 0.1) is 11.3 Å². The highest BCUT2D eigenvalue weighted by Crippen LogP contribution is 2.26. The third-order valence-corrected chi connectivity index (χ3v) is 1.57. The molecule has 0 aliphatic carbocycles. The molecule has 0 saturated heterocycles. The zero-order valence-corrected chi connectivity index (χ0v) is 7.60. The number of primary amides is 1. The van der Waals surface area contributed by atoms with Crippen molar-refractivity contribution in [2.24, 2.45) is 10.8 Å². The van der Waals surface area contributed by atoms with Crippen LogP contribution in [-0.2, 0) is 0 Å². The van der Waals surface area contributed by atoms with Crippen molar-refractivity contribution in [3.63, 3.8) is 0 Å². The number of hydrogen-bond acceptors (Lipinski definition) is 4. The summed E-state index contributed by atoms with van der Waals surface area (Å²) in [5.41, 5.74) is 11.1. The van der Waals surface area contributed by atoms with Gasteiger partial charge in [0, 0.05) is 5.11 Å². The fourth-order valence-electron chi connectivity index (χ4n) is 1.01. The standard InChI is InChI=1S/C8H10N4O2/c1-12(14)11-7-5(8(10)13)3-2-4-6(7)9/h2-4H,9H2,1H3,(H2,10,13). The van der Waals surface area contributed by atoms with E-state index in [0.717, 1.165) is 0 Å². The first-order valence-electron chi connectivity index (χ1n) is 3.83. The van der Waals surface area contributed by atoms with Crippen LogP contribution in [0.4, 0.5) is 11.4 Å². The second-order valence-corrected chi connectivity index (χ2v) is 2.67. The molecule has 74 valence electrons. The van der Waals surface area contributed by atoms with Gasteiger partial charge >= 0.3 is 0 Å². The Labute approximate surface area is 80.4 Å². The summed E-state index contributed by atoms with van der Waals surface area (Å²) in [5.74, 6) is -0.669. The summed E-state index contributed by atoms with van der Waals surface area (Å²) in [4.78, 5) is 11.3. The molecule has 0 bridgehead atoms. The molecule has 6 nitrogen and oxygen atoms in total. The maximum Gasteiger partial charge on any atom is 0.251 e. The number of nitrogens with zero attached hydrogens (tertiary/aromatic N) is 2. The second kappa shape index (κ2) is 3.73. The minimum Gasteiger partial charge on any atom is -0.600 e. The van der Waals surface area contributed by atoms with Crippen molar-refractivity contribution in [1.29, 1.82) is 0 Å². The molecule has 1 aromatic rings. The molecule has 0 atom stereocenters. The van der Waals surface area contributed by atoms with E-state index in [0.29, 0.717) is 4.86 Å². The lowest BCUT2D eigenvalue weighted by Crippen LogP contribution is -2.12. The van der Waals surface area contributed by atoms with Gasteiger partial charge in [-0.2, -0.15) is 0 Å². The maximum absolute atomic E-state index is 10.9. The van der Waals surface area contributed by atoms with Crippen molar-refractivity contribution in [3.8, 4) is 0 Å². The first-order chi connectivity index (χ1) is 6.52. The molecular formula is C8H10N4O2. The summed E-state index contributed by atoms with van der Waals surface area (Å²) in [5, 5.41) is 14.2. The second-order valence-electron chi connectivity index (χ2n) is 2.67. The van der Waals surface area contributed by atoms with Crippen molar-refractivity contribution < 1.29 is 9.66 Å². The van der Waals surface area contributed by atoms with E-state index in [4.69, 9.17) is 11.5 Å². The molecule has 0 aliphatic rings. The molecule has 0 unspecified atom stereocenters. The number of azo groups is 1. The Morgan fingerprint density at radius 2 is 2.21 bits per heavy atom. The van der Waals surface area contributed by atoms with Crippen LogP contribution in [0.25, 0.3) is 0 Å². The van der Waals surface area contributed by atoms with Crippen molar-refractivity contribution >= 4 is 17.3 Å². The van der Waals surface area contributed by atoms with Gasteiger partial charge in [-0.3, -0.25) is 4.79 Å². The monoisotopic (exact) mass is 194 g/mol. The van der Waals surface area contributed by atoms with Gasteiger partial charge in [-0.25, -0.2) is 0 Å². The van der Waals surface area contributed by atoms with Gasteiger partial charge in [0.1, 0.15) is 0 Å². The number of nitrogen functional groups attached to an aromatic ring is 1. The van der Waals surface area contributed by atoms with Crippen LogP contribution in [0.3, 0.4) is 0 Å². The first kappa shape index (κ1) is 9.97. The predicted molar refractivity (Wildman–Crippen MR) is 51.0 cm³/mol. The Morgan fingerprint density at radius 1 is 1.57 bits per heavy atom. The topological polar surface area (TPSA) is 108 Å². The molecule has 0 aromatic heterocycles. The minimum absolute atomic E-state index is 0.109. The van der Waals surface area contributed by atoms with Gasteiger partial charge in [-0.15, -0.1) is 0 Å². The van der Waals surface area contributed by atoms with Crippen molar-refractivity contribution in [2.45, 2.75) is 0 Å². The predicted octanol–water partition coefficient (Wildman–Crippen LogP) is 0.592. The molecule has 0 radical (unpaired) electrons. The van der Waals surface area contributed by atoms with Gasteiger partial charge in [-0.05, 0) is 12.1 Å². The lowest BCUT2D eigenvalue weighted by Gasteiger charge is -2.02. The third-order valence-electron chi connectivity index (χ3n) is 1.57. The maximum atomic E-state index is 10.9. The van der Waals surface area contributed by atoms with Crippen LogP contribution < -0.4 is 11.5 Å². The molecule has 0 fully saturated rings. The molecule has 6 heteroatoms. The summed E-state index contributed by atoms with van der Waals surface area (Å²) in [7, 11) is 1.19. The number of hydrogen-bond donors (Lipinski definition) is 2. The Hall–Kier alpha value is -2.11. The highest BCUT2D eigenvalue weighted by Gasteiger charge is 2.12. The number of rotatable bonds is 2. The summed E-state index contributed by atoms with van der Waals surface area (Å²) >= 11 is 0. The molecule has 0 spiro atoms. The van der Waals surface area contributed by atoms with Crippen LogP contribution in [0, 0.1) is 5.21 Å². The van der Waals surface area contributed by atoms with Gasteiger partial charge in [0.25, 0.3) is 5.91 Å². The van der Waals surface area contributed by atoms with Gasteiger partial charge < -0.3 is 16.7 Å². The third kappa shape index (κ3) is 1.98. The average Bonchev–Trinajstić information content (AvgIpc) is 2.07. The Morgan fingerprint density at radius 3 is 2.71 bits per heavy atom. The number of hydroxylamine groups is 1. The average molecular weight is 194 g/mol. The minimum atomic E-state index is -0.669. The summed E-state index contributed by atoms with van der Waals surface area (Å²) in [6, 6.07) is 4.56. The molecule has 1 rings (SSSR count). The largest absolute Gasteiger partial charge is 0.600 e. The van der Waals surface area contributed by atoms with Crippen LogP contribution >= 0.6 is 0 Å². The van der Waals surface area contributed by atoms with Crippen molar-refractivity contribution in [3.05, 3.63) is 29.0 Å². The molecule has 1 amide bonds. The van der Waals surface area contributed by atoms with E-state index >= 15 is 0 Å². The Balaban J connectivity index is 3.37. The van der Waals surface area contributed by atoms with Crippen LogP contribution in [0.15, 0.2) is 23.3 Å². The van der Waals surface area contributed by atoms with E-state index in [1.54, 1.807) is 6.07 Å². The quantitative estimate of drug-likeness (QED) is 0.311. The van der Waals surface area contributed by atoms with Gasteiger partial charge in [0.15, 0.2) is 12.7 Å². The van der Waals surface area contributed by atoms with E-state index in [2.05, 4.69) is 5.11 Å². The van der Waals surface area contributed by atoms with E-state index in [1.807, 2.05) is 0 Å². The zero-order chi connectivity index (χ0) is 10.7. The lowest BCUT2D eigenvalue weighted by atomic mass is 10.1. The van der Waals surface area contributed by atoms with Gasteiger partial charge in [0.2, 0.25) is 0 Å². The van der Waals surface area contributed by atoms with Crippen LogP contribution in [-0.4, -0.2) is 17.8 Å². The highest BCUT2D eigenvalue weighted by molar-refractivity contribution is 6.00. The lowest BCUT2D eigenvalue weighted by molar-refractivity contribution is -0.493. The Kier molecular flexibility index (Phi) is 2.66. The van der Waals surface area contributed by atoms with Crippen LogP contribution in [0.1, 0.15) is 10.4 Å². The first-order valence-corrected chi connectivity index (χ1v) is 3.83. The number of anilines is 1. The van der Waals surface area contributed by atoms with Crippen LogP contribution in [0.2, 0.25) is 0 Å². The Bertz CT molecular complexity index is 396. The number of carbonyl (C=O) groups is 1. The number of carbonyl (C=O) groups excluding carboxylic acids is 1. The molecule has 4 N–H and O–H groups in total. The summed E-state index contributed by atoms with van der Waals surface area (Å²) in [6.07, 6.45) is 0. The number of amides is 1. The van der Waals surface area contributed by atoms with Crippen molar-refractivity contribution in [1.82, 2.24) is 0 Å². The fraction of sp³-hybridized carbons (Fsp3) is 0.125. The van der Waals surface area contributed by atoms with Crippen LogP contribution in [0.5, 0.6) is 0 Å². The molecule has 14 heavy (non-hydrogen) atoms. The van der Waals surface area contributed by atoms with E-state index in [-0.39, 0.29) is 16.9 Å². The van der Waals surface area contributed by atoms with E-state index < -0.39 is 5.91 Å². The van der Waals surface area contributed by atoms with E-state index in [1.165, 1.54) is 19.2 Å². The molecule has 0 aliphatic heterocycles. The summed E-state index contributed by atoms with van der Waals surface area (Å²) < 4.78 is 0. The summed E-state index contributed by atoms with van der Waals surface area (Å²) in [6.45, 7) is 0. The van der Waals surface area contributed by atoms with E-state index in [9.17, 15) is 10.0 Å². The smallest absolute Gasteiger partial charge is 0.251 e. The highest BCUT2D eigenvalue weighted by atomic mass is 16.5. The number of benzene rings is 1. The molecule has 1 aromatic carbocycles. The zero-order valence-electron chi connectivity index (χ0n) is 7.60. The fourth-order valence-corrected chi connectivity index (χ4v) is 1.01. The molecule has 0 heterocycles. The van der Waals surface area contributed by atoms with Gasteiger partial charge in [-0.1, -0.05) is 10.9 Å². The number of nitrogens with two attached hydrogens (primary N) is 2. The molecule has 0 saturated carbocycles. The SMILES string of the molecule is C[N+]([O-])=Nc1c(N)cccc1C(N)=O. The normalized spacial score (nSPS) is 11.4. The molecular weight excluding hydrogens is 184 g/mol.